The molecule has 0 amide bonds. The van der Waals surface area contributed by atoms with Crippen molar-refractivity contribution in [1.29, 1.82) is 0 Å². The smallest absolute Gasteiger partial charge is 0.393 e. The van der Waals surface area contributed by atoms with E-state index >= 15 is 0 Å². The summed E-state index contributed by atoms with van der Waals surface area (Å²) in [5, 5.41) is 3.16. The van der Waals surface area contributed by atoms with Crippen molar-refractivity contribution in [2.45, 2.75) is 13.5 Å². The van der Waals surface area contributed by atoms with Crippen LogP contribution in [0.1, 0.15) is 12.6 Å². The fourth-order valence-electron chi connectivity index (χ4n) is 1.34. The fraction of sp³-hybridized carbons (Fsp3) is 0.769. The second kappa shape index (κ2) is 11.7. The number of oxazole rings is 1. The molecule has 0 aliphatic carbocycles. The van der Waals surface area contributed by atoms with E-state index in [0.29, 0.717) is 46.2 Å². The number of nitrogens with one attached hydrogen (secondary N) is 1. The summed E-state index contributed by atoms with van der Waals surface area (Å²) in [5.74, 6) is 0. The lowest BCUT2D eigenvalue weighted by Gasteiger charge is -2.05. The third kappa shape index (κ3) is 8.11. The largest absolute Gasteiger partial charge is 0.448 e. The van der Waals surface area contributed by atoms with Crippen LogP contribution in [0.3, 0.4) is 0 Å². The van der Waals surface area contributed by atoms with Gasteiger partial charge < -0.3 is 28.7 Å². The van der Waals surface area contributed by atoms with Gasteiger partial charge in [-0.15, -0.1) is 0 Å². The Bertz CT molecular complexity index is 332. The summed E-state index contributed by atoms with van der Waals surface area (Å²) >= 11 is 0. The van der Waals surface area contributed by atoms with Gasteiger partial charge in [0.2, 0.25) is 0 Å². The number of hydrogen-bond acceptors (Lipinski definition) is 7. The van der Waals surface area contributed by atoms with Gasteiger partial charge in [-0.2, -0.15) is 4.98 Å². The minimum atomic E-state index is 0.276. The molecule has 0 aromatic carbocycles. The molecule has 0 aliphatic rings. The highest BCUT2D eigenvalue weighted by molar-refractivity contribution is 4.99. The first-order valence-electron chi connectivity index (χ1n) is 6.79. The molecule has 1 N–H and O–H groups in total. The molecule has 0 unspecified atom stereocenters. The predicted octanol–water partition coefficient (Wildman–Crippen LogP) is 0.842. The lowest BCUT2D eigenvalue weighted by atomic mass is 10.5. The van der Waals surface area contributed by atoms with Gasteiger partial charge in [0.1, 0.15) is 12.9 Å². The number of nitrogens with zero attached hydrogens (tertiary/aromatic N) is 1. The maximum absolute atomic E-state index is 5.33. The van der Waals surface area contributed by atoms with Crippen LogP contribution in [0.4, 0.5) is 0 Å². The molecule has 7 heteroatoms. The second-order valence-corrected chi connectivity index (χ2v) is 3.95. The Kier molecular flexibility index (Phi) is 9.85. The van der Waals surface area contributed by atoms with Gasteiger partial charge in [0.05, 0.1) is 38.7 Å². The third-order valence-electron chi connectivity index (χ3n) is 2.34. The molecule has 0 atom stereocenters. The fourth-order valence-corrected chi connectivity index (χ4v) is 1.34. The van der Waals surface area contributed by atoms with Crippen LogP contribution in [0.2, 0.25) is 0 Å². The molecule has 0 saturated carbocycles. The summed E-state index contributed by atoms with van der Waals surface area (Å²) in [5.41, 5.74) is 0.828. The van der Waals surface area contributed by atoms with Gasteiger partial charge in [-0.25, -0.2) is 0 Å². The van der Waals surface area contributed by atoms with Crippen molar-refractivity contribution < 1.29 is 23.4 Å². The van der Waals surface area contributed by atoms with E-state index in [2.05, 4.69) is 10.3 Å². The van der Waals surface area contributed by atoms with Crippen LogP contribution in [0, 0.1) is 0 Å². The van der Waals surface area contributed by atoms with Gasteiger partial charge in [0.15, 0.2) is 0 Å². The van der Waals surface area contributed by atoms with E-state index < -0.39 is 0 Å². The van der Waals surface area contributed by atoms with Crippen molar-refractivity contribution in [1.82, 2.24) is 10.3 Å². The summed E-state index contributed by atoms with van der Waals surface area (Å²) in [6.45, 7) is 6.75. The summed E-state index contributed by atoms with van der Waals surface area (Å²) in [7, 11) is 1.64. The van der Waals surface area contributed by atoms with Crippen molar-refractivity contribution in [3.05, 3.63) is 12.0 Å². The Morgan fingerprint density at radius 2 is 1.80 bits per heavy atom. The average molecular weight is 288 g/mol. The molecule has 1 heterocycles. The summed E-state index contributed by atoms with van der Waals surface area (Å²) in [6.07, 6.45) is 1.86. The van der Waals surface area contributed by atoms with Crippen molar-refractivity contribution in [2.75, 3.05) is 53.3 Å². The number of ether oxygens (including phenoxy) is 4. The zero-order chi connectivity index (χ0) is 14.5. The van der Waals surface area contributed by atoms with Gasteiger partial charge in [-0.1, -0.05) is 6.92 Å². The molecule has 1 rings (SSSR count). The number of rotatable bonds is 13. The summed E-state index contributed by atoms with van der Waals surface area (Å²) in [6, 6.07) is 0. The van der Waals surface area contributed by atoms with Gasteiger partial charge in [-0.3, -0.25) is 0 Å². The zero-order valence-corrected chi connectivity index (χ0v) is 12.2. The molecule has 0 spiro atoms. The Labute approximate surface area is 119 Å². The van der Waals surface area contributed by atoms with E-state index in [1.54, 1.807) is 13.4 Å². The van der Waals surface area contributed by atoms with Crippen molar-refractivity contribution in [3.8, 4) is 6.08 Å². The standard InChI is InChI=1S/C13H24N2O5/c1-3-14-10-12-11-20-13(15-12)19-9-8-18-7-6-17-5-4-16-2/h11,14H,3-10H2,1-2H3. The van der Waals surface area contributed by atoms with E-state index in [4.69, 9.17) is 23.4 Å². The predicted molar refractivity (Wildman–Crippen MR) is 72.9 cm³/mol. The minimum Gasteiger partial charge on any atom is -0.448 e. The molecule has 0 radical (unpaired) electrons. The monoisotopic (exact) mass is 288 g/mol. The number of methoxy groups -OCH3 is 1. The number of aromatic nitrogens is 1. The Hall–Kier alpha value is -1.15. The average Bonchev–Trinajstić information content (AvgIpc) is 2.91. The van der Waals surface area contributed by atoms with Gasteiger partial charge in [0, 0.05) is 13.7 Å². The van der Waals surface area contributed by atoms with E-state index in [-0.39, 0.29) is 6.08 Å². The molecule has 20 heavy (non-hydrogen) atoms. The molecule has 0 aliphatic heterocycles. The second-order valence-electron chi connectivity index (χ2n) is 3.95. The van der Waals surface area contributed by atoms with Crippen LogP contribution in [0.25, 0.3) is 0 Å². The maximum atomic E-state index is 5.33. The third-order valence-corrected chi connectivity index (χ3v) is 2.34. The first-order valence-corrected chi connectivity index (χ1v) is 6.79. The van der Waals surface area contributed by atoms with Crippen LogP contribution in [-0.4, -0.2) is 58.3 Å². The van der Waals surface area contributed by atoms with Crippen LogP contribution in [0.5, 0.6) is 6.08 Å². The van der Waals surface area contributed by atoms with Crippen molar-refractivity contribution in [3.63, 3.8) is 0 Å². The van der Waals surface area contributed by atoms with Crippen molar-refractivity contribution >= 4 is 0 Å². The molecule has 1 aromatic rings. The first-order chi connectivity index (χ1) is 9.86. The summed E-state index contributed by atoms with van der Waals surface area (Å²) < 4.78 is 25.9. The Morgan fingerprint density at radius 3 is 2.50 bits per heavy atom. The van der Waals surface area contributed by atoms with Gasteiger partial charge in [-0.05, 0) is 6.54 Å². The minimum absolute atomic E-state index is 0.276. The highest BCUT2D eigenvalue weighted by atomic mass is 16.6. The molecule has 0 bridgehead atoms. The maximum Gasteiger partial charge on any atom is 0.393 e. The Balaban J connectivity index is 1.94. The van der Waals surface area contributed by atoms with E-state index in [0.717, 1.165) is 12.2 Å². The first kappa shape index (κ1) is 16.9. The molecule has 0 fully saturated rings. The molecule has 0 saturated heterocycles. The lowest BCUT2D eigenvalue weighted by molar-refractivity contribution is 0.0157. The number of hydrogen-bond donors (Lipinski definition) is 1. The molecule has 1 aromatic heterocycles. The Morgan fingerprint density at radius 1 is 1.10 bits per heavy atom. The highest BCUT2D eigenvalue weighted by Gasteiger charge is 2.04. The quantitative estimate of drug-likeness (QED) is 0.539. The van der Waals surface area contributed by atoms with Crippen molar-refractivity contribution in [2.24, 2.45) is 0 Å². The summed E-state index contributed by atoms with van der Waals surface area (Å²) in [4.78, 5) is 4.17. The molecular formula is C13H24N2O5. The van der Waals surface area contributed by atoms with E-state index in [1.807, 2.05) is 6.92 Å². The van der Waals surface area contributed by atoms with Gasteiger partial charge >= 0.3 is 6.08 Å². The molecular weight excluding hydrogens is 264 g/mol. The highest BCUT2D eigenvalue weighted by Crippen LogP contribution is 2.09. The van der Waals surface area contributed by atoms with Crippen LogP contribution < -0.4 is 10.1 Å². The molecule has 7 nitrogen and oxygen atoms in total. The van der Waals surface area contributed by atoms with E-state index in [9.17, 15) is 0 Å². The normalized spacial score (nSPS) is 10.9. The van der Waals surface area contributed by atoms with Gasteiger partial charge in [0.25, 0.3) is 0 Å². The van der Waals surface area contributed by atoms with Crippen LogP contribution >= 0.6 is 0 Å². The zero-order valence-electron chi connectivity index (χ0n) is 12.2. The topological polar surface area (TPSA) is 75.0 Å². The van der Waals surface area contributed by atoms with Crippen LogP contribution in [0.15, 0.2) is 10.7 Å². The molecule has 116 valence electrons. The van der Waals surface area contributed by atoms with Crippen LogP contribution in [-0.2, 0) is 20.8 Å². The SMILES string of the molecule is CCNCc1coc(OCCOCCOCCOC)n1. The lowest BCUT2D eigenvalue weighted by Crippen LogP contribution is -2.13. The van der Waals surface area contributed by atoms with E-state index in [1.165, 1.54) is 0 Å².